The van der Waals surface area contributed by atoms with Crippen LogP contribution in [0.25, 0.3) is 11.3 Å². The number of benzene rings is 2. The van der Waals surface area contributed by atoms with Gasteiger partial charge in [0.25, 0.3) is 0 Å². The fourth-order valence-corrected chi connectivity index (χ4v) is 2.90. The number of H-pyrrole nitrogens is 1. The first-order chi connectivity index (χ1) is 14.9. The second-order valence-electron chi connectivity index (χ2n) is 6.67. The van der Waals surface area contributed by atoms with Crippen molar-refractivity contribution in [2.45, 2.75) is 19.5 Å². The van der Waals surface area contributed by atoms with Crippen LogP contribution in [0.2, 0.25) is 0 Å². The summed E-state index contributed by atoms with van der Waals surface area (Å²) < 4.78 is 9.45. The first-order valence-electron chi connectivity index (χ1n) is 9.39. The molecular weight excluding hydrogens is 402 g/mol. The third-order valence-electron chi connectivity index (χ3n) is 4.55. The predicted molar refractivity (Wildman–Crippen MR) is 110 cm³/mol. The highest BCUT2D eigenvalue weighted by molar-refractivity contribution is 6.31. The van der Waals surface area contributed by atoms with Crippen molar-refractivity contribution in [3.63, 3.8) is 0 Å². The van der Waals surface area contributed by atoms with E-state index in [-0.39, 0.29) is 17.4 Å². The highest BCUT2D eigenvalue weighted by atomic mass is 16.6. The number of aromatic nitrogens is 2. The molecule has 160 valence electrons. The van der Waals surface area contributed by atoms with Gasteiger partial charge in [-0.25, -0.2) is 19.4 Å². The molecule has 0 saturated carbocycles. The summed E-state index contributed by atoms with van der Waals surface area (Å²) in [6, 6.07) is 14.5. The molecule has 0 aliphatic heterocycles. The molecule has 0 saturated heterocycles. The van der Waals surface area contributed by atoms with Gasteiger partial charge in [-0.3, -0.25) is 0 Å². The molecule has 3 rings (SSSR count). The van der Waals surface area contributed by atoms with Gasteiger partial charge in [-0.05, 0) is 30.2 Å². The van der Waals surface area contributed by atoms with Crippen LogP contribution in [0.4, 0.5) is 0 Å². The smallest absolute Gasteiger partial charge is 0.425 e. The minimum atomic E-state index is -1.85. The second-order valence-corrected chi connectivity index (χ2v) is 6.67. The maximum Gasteiger partial charge on any atom is 0.425 e. The Morgan fingerprint density at radius 2 is 1.90 bits per heavy atom. The van der Waals surface area contributed by atoms with Gasteiger partial charge < -0.3 is 24.9 Å². The molecule has 0 aliphatic carbocycles. The molecule has 31 heavy (non-hydrogen) atoms. The number of carboxylic acid groups (broad SMARTS) is 1. The van der Waals surface area contributed by atoms with Crippen LogP contribution in [0.15, 0.2) is 54.7 Å². The number of rotatable bonds is 7. The normalized spacial score (nSPS) is 11.5. The van der Waals surface area contributed by atoms with Crippen LogP contribution in [-0.2, 0) is 20.9 Å². The van der Waals surface area contributed by atoms with E-state index in [4.69, 9.17) is 9.84 Å². The standard InChI is InChI=1S/C22H21N3O6/c1-13(19-24-12-17(25-19)15-6-4-3-5-7-15)23-11-14-8-9-18(30-2)16(10-14)21(28)31-22(29)20(26)27/h3-10,12-13,23H,11H2,1-2H3,(H,24,25)(H,26,27). The van der Waals surface area contributed by atoms with Crippen molar-refractivity contribution in [2.75, 3.05) is 7.11 Å². The third kappa shape index (κ3) is 5.34. The summed E-state index contributed by atoms with van der Waals surface area (Å²) in [5.41, 5.74) is 2.59. The molecule has 0 amide bonds. The highest BCUT2D eigenvalue weighted by Gasteiger charge is 2.22. The predicted octanol–water partition coefficient (Wildman–Crippen LogP) is 2.70. The van der Waals surface area contributed by atoms with Gasteiger partial charge >= 0.3 is 17.9 Å². The number of aliphatic carboxylic acids is 1. The summed E-state index contributed by atoms with van der Waals surface area (Å²) >= 11 is 0. The molecule has 3 N–H and O–H groups in total. The first-order valence-corrected chi connectivity index (χ1v) is 9.39. The molecule has 0 radical (unpaired) electrons. The van der Waals surface area contributed by atoms with Crippen molar-refractivity contribution in [3.05, 3.63) is 71.7 Å². The van der Waals surface area contributed by atoms with Gasteiger partial charge in [0, 0.05) is 6.54 Å². The summed E-state index contributed by atoms with van der Waals surface area (Å²) in [5.74, 6) is -3.70. The third-order valence-corrected chi connectivity index (χ3v) is 4.55. The Balaban J connectivity index is 1.69. The summed E-state index contributed by atoms with van der Waals surface area (Å²) in [7, 11) is 1.35. The number of esters is 2. The zero-order chi connectivity index (χ0) is 22.4. The fraction of sp³-hybridized carbons (Fsp3) is 0.182. The van der Waals surface area contributed by atoms with E-state index in [1.165, 1.54) is 13.2 Å². The number of nitrogens with zero attached hydrogens (tertiary/aromatic N) is 1. The lowest BCUT2D eigenvalue weighted by atomic mass is 10.1. The van der Waals surface area contributed by atoms with Gasteiger partial charge in [0.15, 0.2) is 0 Å². The topological polar surface area (TPSA) is 131 Å². The molecular formula is C22H21N3O6. The minimum Gasteiger partial charge on any atom is -0.496 e. The van der Waals surface area contributed by atoms with Crippen LogP contribution in [0, 0.1) is 0 Å². The Hall–Kier alpha value is -3.98. The van der Waals surface area contributed by atoms with Crippen molar-refractivity contribution >= 4 is 17.9 Å². The molecule has 1 atom stereocenters. The summed E-state index contributed by atoms with van der Waals surface area (Å²) in [4.78, 5) is 41.7. The molecule has 1 heterocycles. The number of hydrogen-bond donors (Lipinski definition) is 3. The van der Waals surface area contributed by atoms with Crippen molar-refractivity contribution < 1.29 is 29.0 Å². The van der Waals surface area contributed by atoms with Crippen LogP contribution in [-0.4, -0.2) is 40.1 Å². The van der Waals surface area contributed by atoms with Gasteiger partial charge in [-0.15, -0.1) is 0 Å². The maximum absolute atomic E-state index is 12.2. The van der Waals surface area contributed by atoms with Crippen LogP contribution in [0.5, 0.6) is 5.75 Å². The van der Waals surface area contributed by atoms with E-state index in [1.54, 1.807) is 18.3 Å². The number of imidazole rings is 1. The van der Waals surface area contributed by atoms with Crippen molar-refractivity contribution in [2.24, 2.45) is 0 Å². The van der Waals surface area contributed by atoms with E-state index in [0.29, 0.717) is 12.1 Å². The second kappa shape index (κ2) is 9.68. The SMILES string of the molecule is COc1ccc(CNC(C)c2ncc(-c3ccccc3)[nH]2)cc1C(=O)OC(=O)C(=O)O. The van der Waals surface area contributed by atoms with Gasteiger partial charge in [0.1, 0.15) is 17.1 Å². The largest absolute Gasteiger partial charge is 0.496 e. The molecule has 1 unspecified atom stereocenters. The maximum atomic E-state index is 12.2. The molecule has 2 aromatic carbocycles. The van der Waals surface area contributed by atoms with E-state index in [2.05, 4.69) is 20.0 Å². The average molecular weight is 423 g/mol. The Morgan fingerprint density at radius 3 is 2.58 bits per heavy atom. The van der Waals surface area contributed by atoms with Crippen molar-refractivity contribution in [1.29, 1.82) is 0 Å². The number of aromatic amines is 1. The van der Waals surface area contributed by atoms with Gasteiger partial charge in [0.2, 0.25) is 0 Å². The summed E-state index contributed by atoms with van der Waals surface area (Å²) in [6.07, 6.45) is 1.77. The van der Waals surface area contributed by atoms with Gasteiger partial charge in [-0.2, -0.15) is 0 Å². The molecule has 9 heteroatoms. The molecule has 1 aromatic heterocycles. The lowest BCUT2D eigenvalue weighted by Gasteiger charge is -2.13. The fourth-order valence-electron chi connectivity index (χ4n) is 2.90. The first kappa shape index (κ1) is 21.7. The average Bonchev–Trinajstić information content (AvgIpc) is 3.28. The van der Waals surface area contributed by atoms with E-state index >= 15 is 0 Å². The Labute approximate surface area is 178 Å². The Morgan fingerprint density at radius 1 is 1.16 bits per heavy atom. The van der Waals surface area contributed by atoms with Crippen LogP contribution >= 0.6 is 0 Å². The van der Waals surface area contributed by atoms with Gasteiger partial charge in [-0.1, -0.05) is 36.4 Å². The number of carboxylic acids is 1. The van der Waals surface area contributed by atoms with E-state index in [1.807, 2.05) is 37.3 Å². The van der Waals surface area contributed by atoms with E-state index < -0.39 is 17.9 Å². The summed E-state index contributed by atoms with van der Waals surface area (Å²) in [6.45, 7) is 2.32. The molecule has 0 fully saturated rings. The minimum absolute atomic E-state index is 0.0478. The lowest BCUT2D eigenvalue weighted by Crippen LogP contribution is -2.22. The van der Waals surface area contributed by atoms with Crippen LogP contribution < -0.4 is 10.1 Å². The number of carbonyl (C=O) groups excluding carboxylic acids is 2. The van der Waals surface area contributed by atoms with E-state index in [0.717, 1.165) is 17.1 Å². The Bertz CT molecular complexity index is 1090. The van der Waals surface area contributed by atoms with Crippen molar-refractivity contribution in [3.8, 4) is 17.0 Å². The number of methoxy groups -OCH3 is 1. The molecule has 3 aromatic rings. The lowest BCUT2D eigenvalue weighted by molar-refractivity contribution is -0.160. The Kier molecular flexibility index (Phi) is 6.78. The monoisotopic (exact) mass is 423 g/mol. The molecule has 0 spiro atoms. The quantitative estimate of drug-likeness (QED) is 0.300. The number of hydrogen-bond acceptors (Lipinski definition) is 7. The number of ether oxygens (including phenoxy) is 2. The zero-order valence-electron chi connectivity index (χ0n) is 16.9. The molecule has 0 aliphatic rings. The number of nitrogens with one attached hydrogen (secondary N) is 2. The highest BCUT2D eigenvalue weighted by Crippen LogP contribution is 2.22. The zero-order valence-corrected chi connectivity index (χ0v) is 16.9. The summed E-state index contributed by atoms with van der Waals surface area (Å²) in [5, 5.41) is 11.9. The van der Waals surface area contributed by atoms with Gasteiger partial charge in [0.05, 0.1) is 25.0 Å². The van der Waals surface area contributed by atoms with E-state index in [9.17, 15) is 14.4 Å². The number of carbonyl (C=O) groups is 3. The molecule has 0 bridgehead atoms. The molecule has 9 nitrogen and oxygen atoms in total. The van der Waals surface area contributed by atoms with Crippen molar-refractivity contribution in [1.82, 2.24) is 15.3 Å². The van der Waals surface area contributed by atoms with Crippen LogP contribution in [0.3, 0.4) is 0 Å². The van der Waals surface area contributed by atoms with Crippen LogP contribution in [0.1, 0.15) is 34.7 Å².